The Morgan fingerprint density at radius 2 is 2.30 bits per heavy atom. The molecule has 1 N–H and O–H groups in total. The zero-order chi connectivity index (χ0) is 7.98. The van der Waals surface area contributed by atoms with Crippen LogP contribution in [-0.4, -0.2) is 32.6 Å². The fraction of sp³-hybridized carbons (Fsp3) is 0.800. The van der Waals surface area contributed by atoms with Crippen molar-refractivity contribution >= 4 is 5.91 Å². The van der Waals surface area contributed by atoms with Crippen molar-refractivity contribution in [3.8, 4) is 0 Å². The van der Waals surface area contributed by atoms with Crippen LogP contribution in [0.15, 0.2) is 0 Å². The minimum Gasteiger partial charge on any atom is -0.366 e. The van der Waals surface area contributed by atoms with E-state index in [-0.39, 0.29) is 6.61 Å². The average molecular weight is 153 g/mol. The Balaban J connectivity index is 3.12. The third-order valence-electron chi connectivity index (χ3n) is 0.756. The monoisotopic (exact) mass is 153 g/mol. The fourth-order valence-electron chi connectivity index (χ4n) is 0.313. The van der Waals surface area contributed by atoms with Crippen LogP contribution in [0, 0.1) is 0 Å². The first-order valence-corrected chi connectivity index (χ1v) is 2.73. The highest BCUT2D eigenvalue weighted by Crippen LogP contribution is 1.91. The molecular weight excluding hydrogens is 144 g/mol. The number of ether oxygens (including phenoxy) is 1. The molecule has 0 saturated carbocycles. The maximum atomic E-state index is 11.3. The molecule has 0 aliphatic heterocycles. The summed E-state index contributed by atoms with van der Waals surface area (Å²) in [4.78, 5) is 10.3. The van der Waals surface area contributed by atoms with E-state index in [4.69, 9.17) is 0 Å². The molecule has 60 valence electrons. The zero-order valence-electron chi connectivity index (χ0n) is 5.56. The Morgan fingerprint density at radius 1 is 1.70 bits per heavy atom. The van der Waals surface area contributed by atoms with Gasteiger partial charge in [-0.2, -0.15) is 0 Å². The summed E-state index contributed by atoms with van der Waals surface area (Å²) >= 11 is 0. The maximum Gasteiger partial charge on any atom is 0.261 e. The number of hydrogen-bond donors (Lipinski definition) is 1. The fourth-order valence-corrected chi connectivity index (χ4v) is 0.313. The highest BCUT2D eigenvalue weighted by molar-refractivity contribution is 5.76. The van der Waals surface area contributed by atoms with Crippen LogP contribution in [0.1, 0.15) is 0 Å². The molecule has 0 aliphatic rings. The van der Waals surface area contributed by atoms with E-state index in [1.165, 1.54) is 7.05 Å². The van der Waals surface area contributed by atoms with E-state index >= 15 is 0 Å². The Bertz CT molecular complexity index is 108. The minimum atomic E-state index is -2.51. The number of rotatable bonds is 4. The lowest BCUT2D eigenvalue weighted by molar-refractivity contribution is -0.126. The molecule has 0 aromatic rings. The molecule has 0 heterocycles. The Kier molecular flexibility index (Phi) is 4.74. The van der Waals surface area contributed by atoms with Gasteiger partial charge in [-0.25, -0.2) is 8.78 Å². The van der Waals surface area contributed by atoms with E-state index < -0.39 is 18.9 Å². The molecule has 0 unspecified atom stereocenters. The molecule has 3 nitrogen and oxygen atoms in total. The zero-order valence-corrected chi connectivity index (χ0v) is 5.56. The average Bonchev–Trinajstić information content (AvgIpc) is 1.87. The number of nitrogens with one attached hydrogen (secondary N) is 1. The quantitative estimate of drug-likeness (QED) is 0.618. The van der Waals surface area contributed by atoms with Crippen molar-refractivity contribution in [1.29, 1.82) is 0 Å². The molecule has 0 saturated heterocycles. The number of carbonyl (C=O) groups excluding carboxylic acids is 1. The minimum absolute atomic E-state index is 0.305. The normalized spacial score (nSPS) is 10.0. The van der Waals surface area contributed by atoms with Gasteiger partial charge in [-0.3, -0.25) is 4.79 Å². The van der Waals surface area contributed by atoms with Crippen molar-refractivity contribution in [2.75, 3.05) is 20.3 Å². The molecule has 10 heavy (non-hydrogen) atoms. The Morgan fingerprint density at radius 3 is 2.70 bits per heavy atom. The van der Waals surface area contributed by atoms with Crippen LogP contribution in [0.4, 0.5) is 8.78 Å². The van der Waals surface area contributed by atoms with Crippen molar-refractivity contribution in [3.63, 3.8) is 0 Å². The van der Waals surface area contributed by atoms with Gasteiger partial charge < -0.3 is 10.1 Å². The second-order valence-electron chi connectivity index (χ2n) is 1.58. The molecule has 5 heteroatoms. The van der Waals surface area contributed by atoms with Gasteiger partial charge in [0.05, 0.1) is 0 Å². The van der Waals surface area contributed by atoms with E-state index in [9.17, 15) is 13.6 Å². The third-order valence-corrected chi connectivity index (χ3v) is 0.756. The number of carbonyl (C=O) groups is 1. The summed E-state index contributed by atoms with van der Waals surface area (Å²) in [6.45, 7) is -0.992. The number of amides is 1. The summed E-state index contributed by atoms with van der Waals surface area (Å²) < 4.78 is 27.0. The second-order valence-corrected chi connectivity index (χ2v) is 1.58. The lowest BCUT2D eigenvalue weighted by atomic mass is 10.6. The van der Waals surface area contributed by atoms with Crippen LogP contribution in [-0.2, 0) is 9.53 Å². The SMILES string of the molecule is CNC(=O)COCC(F)F. The van der Waals surface area contributed by atoms with Crippen molar-refractivity contribution in [1.82, 2.24) is 5.32 Å². The van der Waals surface area contributed by atoms with E-state index in [1.807, 2.05) is 0 Å². The third kappa shape index (κ3) is 5.43. The topological polar surface area (TPSA) is 38.3 Å². The van der Waals surface area contributed by atoms with Crippen molar-refractivity contribution in [2.45, 2.75) is 6.43 Å². The number of hydrogen-bond acceptors (Lipinski definition) is 2. The van der Waals surface area contributed by atoms with Crippen LogP contribution >= 0.6 is 0 Å². The van der Waals surface area contributed by atoms with Gasteiger partial charge in [0.15, 0.2) is 0 Å². The van der Waals surface area contributed by atoms with Crippen molar-refractivity contribution in [2.24, 2.45) is 0 Å². The standard InChI is InChI=1S/C5H9F2NO2/c1-8-5(9)3-10-2-4(6)7/h4H,2-3H2,1H3,(H,8,9). The largest absolute Gasteiger partial charge is 0.366 e. The summed E-state index contributed by atoms with van der Waals surface area (Å²) in [6.07, 6.45) is -2.51. The number of halogens is 2. The van der Waals surface area contributed by atoms with Crippen molar-refractivity contribution in [3.05, 3.63) is 0 Å². The number of likely N-dealkylation sites (N-methyl/N-ethyl adjacent to an activating group) is 1. The molecule has 0 radical (unpaired) electrons. The van der Waals surface area contributed by atoms with Crippen molar-refractivity contribution < 1.29 is 18.3 Å². The molecular formula is C5H9F2NO2. The first-order valence-electron chi connectivity index (χ1n) is 2.73. The Labute approximate surface area is 57.4 Å². The predicted octanol–water partition coefficient (Wildman–Crippen LogP) is 0.0141. The Hall–Kier alpha value is -0.710. The molecule has 1 amide bonds. The predicted molar refractivity (Wildman–Crippen MR) is 30.9 cm³/mol. The lowest BCUT2D eigenvalue weighted by Crippen LogP contribution is -2.24. The summed E-state index contributed by atoms with van der Waals surface area (Å²) in [5.74, 6) is -0.402. The molecule has 0 rings (SSSR count). The molecule has 0 fully saturated rings. The van der Waals surface area contributed by atoms with E-state index in [0.29, 0.717) is 0 Å². The van der Waals surface area contributed by atoms with Crippen LogP contribution in [0.25, 0.3) is 0 Å². The van der Waals surface area contributed by atoms with E-state index in [2.05, 4.69) is 10.1 Å². The lowest BCUT2D eigenvalue weighted by Gasteiger charge is -2.00. The first-order chi connectivity index (χ1) is 4.66. The molecule has 0 bridgehead atoms. The highest BCUT2D eigenvalue weighted by Gasteiger charge is 2.03. The first kappa shape index (κ1) is 9.29. The molecule has 0 spiro atoms. The second kappa shape index (κ2) is 5.10. The van der Waals surface area contributed by atoms with Gasteiger partial charge in [-0.15, -0.1) is 0 Å². The van der Waals surface area contributed by atoms with Gasteiger partial charge in [-0.05, 0) is 0 Å². The number of alkyl halides is 2. The van der Waals surface area contributed by atoms with Gasteiger partial charge in [0.25, 0.3) is 6.43 Å². The van der Waals surface area contributed by atoms with Gasteiger partial charge in [0.2, 0.25) is 5.91 Å². The smallest absolute Gasteiger partial charge is 0.261 e. The van der Waals surface area contributed by atoms with Gasteiger partial charge >= 0.3 is 0 Å². The van der Waals surface area contributed by atoms with Gasteiger partial charge in [0, 0.05) is 7.05 Å². The van der Waals surface area contributed by atoms with Crippen LogP contribution in [0.5, 0.6) is 0 Å². The summed E-state index contributed by atoms with van der Waals surface area (Å²) in [5, 5.41) is 2.23. The van der Waals surface area contributed by atoms with Crippen LogP contribution in [0.3, 0.4) is 0 Å². The highest BCUT2D eigenvalue weighted by atomic mass is 19.3. The molecule has 0 aliphatic carbocycles. The van der Waals surface area contributed by atoms with Crippen LogP contribution in [0.2, 0.25) is 0 Å². The van der Waals surface area contributed by atoms with Gasteiger partial charge in [0.1, 0.15) is 13.2 Å². The van der Waals surface area contributed by atoms with E-state index in [1.54, 1.807) is 0 Å². The maximum absolute atomic E-state index is 11.3. The molecule has 0 aromatic carbocycles. The van der Waals surface area contributed by atoms with Gasteiger partial charge in [-0.1, -0.05) is 0 Å². The van der Waals surface area contributed by atoms with E-state index in [0.717, 1.165) is 0 Å². The summed E-state index contributed by atoms with van der Waals surface area (Å²) in [6, 6.07) is 0. The summed E-state index contributed by atoms with van der Waals surface area (Å²) in [7, 11) is 1.41. The summed E-state index contributed by atoms with van der Waals surface area (Å²) in [5.41, 5.74) is 0. The molecule has 0 atom stereocenters. The molecule has 0 aromatic heterocycles. The van der Waals surface area contributed by atoms with Crippen LogP contribution < -0.4 is 5.32 Å².